The maximum absolute atomic E-state index is 13.6. The predicted octanol–water partition coefficient (Wildman–Crippen LogP) is 4.76. The van der Waals surface area contributed by atoms with E-state index in [1.54, 1.807) is 0 Å². The van der Waals surface area contributed by atoms with E-state index in [9.17, 15) is 4.79 Å². The number of nitrogens with zero attached hydrogens (tertiary/aromatic N) is 5. The van der Waals surface area contributed by atoms with Gasteiger partial charge in [-0.2, -0.15) is 0 Å². The van der Waals surface area contributed by atoms with E-state index in [2.05, 4.69) is 70.1 Å². The van der Waals surface area contributed by atoms with E-state index in [-0.39, 0.29) is 5.91 Å². The van der Waals surface area contributed by atoms with Crippen LogP contribution in [-0.4, -0.2) is 58.6 Å². The largest absolute Gasteiger partial charge is 0.352 e. The molecule has 7 nitrogen and oxygen atoms in total. The number of para-hydroxylation sites is 3. The number of anilines is 2. The standard InChI is InChI=1S/C28H28N6O/c1-3-34-24-11-7-4-8-20(24)21-18-19(12-13-25(21)34)29-28(35)26-27(33-16-14-32(2)15-17-33)31-23-10-6-5-9-22(23)30-26/h4-13,18H,3,14-17H2,1-2H3,(H,29,35). The Morgan fingerprint density at radius 3 is 2.31 bits per heavy atom. The second kappa shape index (κ2) is 8.67. The molecule has 3 aromatic carbocycles. The van der Waals surface area contributed by atoms with Crippen molar-refractivity contribution >= 4 is 50.3 Å². The lowest BCUT2D eigenvalue weighted by Gasteiger charge is -2.33. The van der Waals surface area contributed by atoms with Gasteiger partial charge in [0, 0.05) is 60.2 Å². The van der Waals surface area contributed by atoms with Crippen LogP contribution >= 0.6 is 0 Å². The number of carbonyl (C=O) groups excluding carboxylic acids is 1. The quantitative estimate of drug-likeness (QED) is 0.415. The van der Waals surface area contributed by atoms with Gasteiger partial charge in [-0.25, -0.2) is 9.97 Å². The van der Waals surface area contributed by atoms with Crippen LogP contribution in [0, 0.1) is 0 Å². The molecule has 0 aliphatic carbocycles. The summed E-state index contributed by atoms with van der Waals surface area (Å²) in [5.74, 6) is 0.411. The summed E-state index contributed by atoms with van der Waals surface area (Å²) in [6.07, 6.45) is 0. The van der Waals surface area contributed by atoms with Crippen molar-refractivity contribution in [3.63, 3.8) is 0 Å². The lowest BCUT2D eigenvalue weighted by Crippen LogP contribution is -2.45. The van der Waals surface area contributed by atoms with Crippen LogP contribution in [-0.2, 0) is 6.54 Å². The molecule has 7 heteroatoms. The number of aryl methyl sites for hydroxylation is 1. The molecule has 0 bridgehead atoms. The molecule has 2 aromatic heterocycles. The van der Waals surface area contributed by atoms with Crippen molar-refractivity contribution in [3.8, 4) is 0 Å². The van der Waals surface area contributed by atoms with Crippen LogP contribution in [0.1, 0.15) is 17.4 Å². The number of hydrogen-bond donors (Lipinski definition) is 1. The average molecular weight is 465 g/mol. The number of amides is 1. The smallest absolute Gasteiger partial charge is 0.278 e. The molecule has 0 unspecified atom stereocenters. The first kappa shape index (κ1) is 21.6. The Hall–Kier alpha value is -3.97. The van der Waals surface area contributed by atoms with Gasteiger partial charge in [0.05, 0.1) is 11.0 Å². The fraction of sp³-hybridized carbons (Fsp3) is 0.250. The van der Waals surface area contributed by atoms with Gasteiger partial charge in [-0.05, 0) is 50.4 Å². The van der Waals surface area contributed by atoms with Gasteiger partial charge in [0.15, 0.2) is 11.5 Å². The number of likely N-dealkylation sites (N-methyl/N-ethyl adjacent to an activating group) is 1. The number of piperazine rings is 1. The van der Waals surface area contributed by atoms with E-state index in [0.717, 1.165) is 60.3 Å². The zero-order valence-electron chi connectivity index (χ0n) is 20.0. The summed E-state index contributed by atoms with van der Waals surface area (Å²) in [5.41, 5.74) is 5.00. The van der Waals surface area contributed by atoms with Gasteiger partial charge in [0.25, 0.3) is 5.91 Å². The molecule has 1 N–H and O–H groups in total. The molecule has 6 rings (SSSR count). The van der Waals surface area contributed by atoms with E-state index < -0.39 is 0 Å². The second-order valence-electron chi connectivity index (χ2n) is 9.12. The molecule has 1 fully saturated rings. The molecule has 0 atom stereocenters. The minimum absolute atomic E-state index is 0.240. The highest BCUT2D eigenvalue weighted by molar-refractivity contribution is 6.12. The Labute approximate surface area is 204 Å². The highest BCUT2D eigenvalue weighted by atomic mass is 16.1. The molecule has 5 aromatic rings. The topological polar surface area (TPSA) is 66.3 Å². The first-order chi connectivity index (χ1) is 17.1. The summed E-state index contributed by atoms with van der Waals surface area (Å²) in [5, 5.41) is 5.42. The van der Waals surface area contributed by atoms with Gasteiger partial charge in [-0.1, -0.05) is 30.3 Å². The summed E-state index contributed by atoms with van der Waals surface area (Å²) in [4.78, 5) is 27.7. The summed E-state index contributed by atoms with van der Waals surface area (Å²) in [6.45, 7) is 6.51. The van der Waals surface area contributed by atoms with Gasteiger partial charge in [-0.15, -0.1) is 0 Å². The number of fused-ring (bicyclic) bond motifs is 4. The van der Waals surface area contributed by atoms with Gasteiger partial charge in [-0.3, -0.25) is 4.79 Å². The van der Waals surface area contributed by atoms with E-state index >= 15 is 0 Å². The molecule has 0 radical (unpaired) electrons. The minimum Gasteiger partial charge on any atom is -0.352 e. The Kier molecular flexibility index (Phi) is 5.34. The average Bonchev–Trinajstić information content (AvgIpc) is 3.21. The third-order valence-corrected chi connectivity index (χ3v) is 6.92. The lowest BCUT2D eigenvalue weighted by atomic mass is 10.1. The molecule has 3 heterocycles. The molecule has 1 aliphatic rings. The molecule has 1 aliphatic heterocycles. The first-order valence-corrected chi connectivity index (χ1v) is 12.1. The lowest BCUT2D eigenvalue weighted by molar-refractivity contribution is 0.102. The van der Waals surface area contributed by atoms with E-state index in [0.29, 0.717) is 11.5 Å². The predicted molar refractivity (Wildman–Crippen MR) is 142 cm³/mol. The van der Waals surface area contributed by atoms with E-state index in [4.69, 9.17) is 9.97 Å². The SMILES string of the molecule is CCn1c2ccccc2c2cc(NC(=O)c3nc4ccccc4nc3N3CCN(C)CC3)ccc21. The Morgan fingerprint density at radius 2 is 1.54 bits per heavy atom. The van der Waals surface area contributed by atoms with E-state index in [1.165, 1.54) is 10.9 Å². The Bertz CT molecular complexity index is 1560. The molecule has 176 valence electrons. The maximum atomic E-state index is 13.6. The normalized spacial score (nSPS) is 14.7. The first-order valence-electron chi connectivity index (χ1n) is 12.1. The van der Waals surface area contributed by atoms with Crippen LogP contribution in [0.5, 0.6) is 0 Å². The van der Waals surface area contributed by atoms with Gasteiger partial charge in [0.1, 0.15) is 0 Å². The van der Waals surface area contributed by atoms with Crippen LogP contribution in [0.15, 0.2) is 66.7 Å². The van der Waals surface area contributed by atoms with Crippen LogP contribution in [0.2, 0.25) is 0 Å². The monoisotopic (exact) mass is 464 g/mol. The Morgan fingerprint density at radius 1 is 0.857 bits per heavy atom. The molecular formula is C28H28N6O. The van der Waals surface area contributed by atoms with Crippen molar-refractivity contribution in [1.82, 2.24) is 19.4 Å². The van der Waals surface area contributed by atoms with Crippen LogP contribution in [0.4, 0.5) is 11.5 Å². The zero-order valence-corrected chi connectivity index (χ0v) is 20.0. The van der Waals surface area contributed by atoms with Crippen molar-refractivity contribution in [2.45, 2.75) is 13.5 Å². The molecule has 35 heavy (non-hydrogen) atoms. The van der Waals surface area contributed by atoms with Gasteiger partial charge in [0.2, 0.25) is 0 Å². The number of aromatic nitrogens is 3. The molecule has 0 spiro atoms. The minimum atomic E-state index is -0.240. The van der Waals surface area contributed by atoms with Crippen LogP contribution in [0.25, 0.3) is 32.8 Å². The maximum Gasteiger partial charge on any atom is 0.278 e. The number of carbonyl (C=O) groups is 1. The summed E-state index contributed by atoms with van der Waals surface area (Å²) < 4.78 is 2.30. The number of rotatable bonds is 4. The summed E-state index contributed by atoms with van der Waals surface area (Å²) >= 11 is 0. The Balaban J connectivity index is 1.40. The van der Waals surface area contributed by atoms with Crippen LogP contribution in [0.3, 0.4) is 0 Å². The highest BCUT2D eigenvalue weighted by Gasteiger charge is 2.24. The number of benzene rings is 3. The third-order valence-electron chi connectivity index (χ3n) is 6.92. The fourth-order valence-electron chi connectivity index (χ4n) is 5.04. The van der Waals surface area contributed by atoms with Crippen molar-refractivity contribution in [2.75, 3.05) is 43.4 Å². The second-order valence-corrected chi connectivity index (χ2v) is 9.12. The number of nitrogens with one attached hydrogen (secondary N) is 1. The van der Waals surface area contributed by atoms with Crippen LogP contribution < -0.4 is 10.2 Å². The fourth-order valence-corrected chi connectivity index (χ4v) is 5.04. The summed E-state index contributed by atoms with van der Waals surface area (Å²) in [7, 11) is 2.11. The highest BCUT2D eigenvalue weighted by Crippen LogP contribution is 2.31. The van der Waals surface area contributed by atoms with Gasteiger partial charge < -0.3 is 19.7 Å². The number of hydrogen-bond acceptors (Lipinski definition) is 5. The van der Waals surface area contributed by atoms with Crippen molar-refractivity contribution in [3.05, 3.63) is 72.4 Å². The van der Waals surface area contributed by atoms with Gasteiger partial charge >= 0.3 is 0 Å². The molecular weight excluding hydrogens is 436 g/mol. The van der Waals surface area contributed by atoms with Crippen molar-refractivity contribution in [2.24, 2.45) is 0 Å². The van der Waals surface area contributed by atoms with Crippen molar-refractivity contribution < 1.29 is 4.79 Å². The van der Waals surface area contributed by atoms with E-state index in [1.807, 2.05) is 30.3 Å². The third kappa shape index (κ3) is 3.78. The van der Waals surface area contributed by atoms with Crippen molar-refractivity contribution in [1.29, 1.82) is 0 Å². The molecule has 0 saturated carbocycles. The molecule has 1 saturated heterocycles. The molecule has 1 amide bonds. The zero-order chi connectivity index (χ0) is 23.9. The summed E-state index contributed by atoms with van der Waals surface area (Å²) in [6, 6.07) is 22.2.